The average Bonchev–Trinajstić information content (AvgIpc) is 3.26. The van der Waals surface area contributed by atoms with Crippen LogP contribution >= 0.6 is 0 Å². The van der Waals surface area contributed by atoms with Gasteiger partial charge >= 0.3 is 5.97 Å². The summed E-state index contributed by atoms with van der Waals surface area (Å²) in [5, 5.41) is 103. The molecule has 0 aliphatic carbocycles. The summed E-state index contributed by atoms with van der Waals surface area (Å²) in [5.41, 5.74) is 5.68. The molecule has 0 saturated carbocycles. The van der Waals surface area contributed by atoms with Crippen LogP contribution in [0.4, 0.5) is 0 Å². The van der Waals surface area contributed by atoms with Crippen LogP contribution in [0.25, 0.3) is 0 Å². The summed E-state index contributed by atoms with van der Waals surface area (Å²) in [6, 6.07) is 0. The highest BCUT2D eigenvalue weighted by molar-refractivity contribution is 5.82. The molecule has 16 heteroatoms. The van der Waals surface area contributed by atoms with Crippen LogP contribution in [0.2, 0.25) is 0 Å². The first-order chi connectivity index (χ1) is 31.5. The maximum absolute atomic E-state index is 13.4. The number of allylic oxidation sites excluding steroid dienone is 2. The van der Waals surface area contributed by atoms with Crippen molar-refractivity contribution in [1.29, 1.82) is 0 Å². The van der Waals surface area contributed by atoms with Crippen molar-refractivity contribution < 1.29 is 65.0 Å². The summed E-state index contributed by atoms with van der Waals surface area (Å²) in [6.07, 6.45) is 5.71. The van der Waals surface area contributed by atoms with Gasteiger partial charge in [-0.05, 0) is 82.0 Å². The van der Waals surface area contributed by atoms with Gasteiger partial charge in [0.15, 0.2) is 11.7 Å². The smallest absolute Gasteiger partial charge is 0.330 e. The molecule has 4 aliphatic rings. The number of nitrogens with two attached hydrogens (primary N) is 1. The zero-order valence-corrected chi connectivity index (χ0v) is 41.7. The lowest BCUT2D eigenvalue weighted by atomic mass is 9.81. The Morgan fingerprint density at radius 3 is 2.13 bits per heavy atom. The van der Waals surface area contributed by atoms with Crippen molar-refractivity contribution in [3.63, 3.8) is 0 Å². The Bertz CT molecular complexity index is 1550. The molecule has 0 spiro atoms. The molecule has 2 saturated heterocycles. The monoisotopic (exact) mass is 954 g/mol. The summed E-state index contributed by atoms with van der Waals surface area (Å²) in [4.78, 5) is 17.3. The standard InChI is InChI=1S/C51H91N3O13/c1-30(15-13-11-9-10-12-14-22-54-50(52)53-8)23-34(5)48-33(4)17-20-41(58)35(6)43(60)26-38(56)24-37(55)25-39-27-45-49(63)51(64,67-39)29-46(65-45)32(3)16-19-40(57)36(7)44(61)28-42(59)31(2)18-21-47(62)66-48/h9-10,17-18,20-21,30-46,48-49,55-61,63-64H,11-16,19,22-29H2,1-8H3,(H3,52,53,54)/b10-9+,20-17+,21-18+. The van der Waals surface area contributed by atoms with Gasteiger partial charge in [-0.15, -0.1) is 0 Å². The number of nitrogens with one attached hydrogen (secondary N) is 1. The molecular formula is C51H91N3O13. The second-order valence-corrected chi connectivity index (χ2v) is 20.7. The molecule has 16 nitrogen and oxygen atoms in total. The minimum Gasteiger partial charge on any atom is -0.458 e. The first kappa shape index (κ1) is 58.8. The summed E-state index contributed by atoms with van der Waals surface area (Å²) < 4.78 is 18.4. The van der Waals surface area contributed by atoms with Crippen LogP contribution in [0.1, 0.15) is 138 Å². The molecule has 0 aromatic carbocycles. The zero-order chi connectivity index (χ0) is 50.0. The molecule has 4 heterocycles. The topological polar surface area (TPSA) is 277 Å². The number of unbranched alkanes of at least 4 members (excludes halogenated alkanes) is 2. The van der Waals surface area contributed by atoms with Gasteiger partial charge in [0.25, 0.3) is 0 Å². The Morgan fingerprint density at radius 1 is 0.806 bits per heavy atom. The Morgan fingerprint density at radius 2 is 1.46 bits per heavy atom. The third-order valence-corrected chi connectivity index (χ3v) is 14.7. The van der Waals surface area contributed by atoms with Crippen LogP contribution < -0.4 is 11.1 Å². The van der Waals surface area contributed by atoms with E-state index in [0.717, 1.165) is 45.1 Å². The van der Waals surface area contributed by atoms with Crippen LogP contribution in [-0.2, 0) is 19.0 Å². The first-order valence-corrected chi connectivity index (χ1v) is 25.2. The number of aliphatic hydroxyl groups is 9. The minimum absolute atomic E-state index is 0.0364. The van der Waals surface area contributed by atoms with Crippen molar-refractivity contribution >= 4 is 11.9 Å². The predicted octanol–water partition coefficient (Wildman–Crippen LogP) is 3.77. The largest absolute Gasteiger partial charge is 0.458 e. The number of esters is 1. The molecule has 67 heavy (non-hydrogen) atoms. The average molecular weight is 954 g/mol. The van der Waals surface area contributed by atoms with E-state index in [1.54, 1.807) is 46.0 Å². The van der Waals surface area contributed by atoms with E-state index in [1.165, 1.54) is 6.08 Å². The second-order valence-electron chi connectivity index (χ2n) is 20.7. The van der Waals surface area contributed by atoms with Crippen LogP contribution in [0.5, 0.6) is 0 Å². The maximum Gasteiger partial charge on any atom is 0.330 e. The van der Waals surface area contributed by atoms with Gasteiger partial charge in [0, 0.05) is 62.6 Å². The summed E-state index contributed by atoms with van der Waals surface area (Å²) in [7, 11) is 1.65. The van der Waals surface area contributed by atoms with Gasteiger partial charge in [-0.2, -0.15) is 0 Å². The van der Waals surface area contributed by atoms with Gasteiger partial charge in [0.1, 0.15) is 12.2 Å². The fourth-order valence-electron chi connectivity index (χ4n) is 9.84. The first-order valence-electron chi connectivity index (χ1n) is 25.2. The van der Waals surface area contributed by atoms with Gasteiger partial charge < -0.3 is 71.2 Å². The Hall–Kier alpha value is -2.48. The van der Waals surface area contributed by atoms with Crippen molar-refractivity contribution in [2.24, 2.45) is 52.2 Å². The molecule has 4 aliphatic heterocycles. The molecule has 4 bridgehead atoms. The van der Waals surface area contributed by atoms with Crippen LogP contribution in [0.3, 0.4) is 0 Å². The van der Waals surface area contributed by atoms with E-state index < -0.39 is 103 Å². The van der Waals surface area contributed by atoms with Crippen LogP contribution in [-0.4, -0.2) is 151 Å². The zero-order valence-electron chi connectivity index (χ0n) is 41.7. The van der Waals surface area contributed by atoms with E-state index in [0.29, 0.717) is 24.7 Å². The lowest BCUT2D eigenvalue weighted by Crippen LogP contribution is -2.65. The third kappa shape index (κ3) is 19.7. The molecule has 0 aromatic rings. The number of aliphatic imine (C=N–C) groups is 1. The molecule has 0 amide bonds. The second kappa shape index (κ2) is 29.0. The molecule has 12 N–H and O–H groups in total. The van der Waals surface area contributed by atoms with Crippen LogP contribution in [0.15, 0.2) is 41.4 Å². The van der Waals surface area contributed by atoms with Crippen molar-refractivity contribution in [2.75, 3.05) is 13.6 Å². The molecule has 2 fully saturated rings. The summed E-state index contributed by atoms with van der Waals surface area (Å²) >= 11 is 0. The molecule has 0 radical (unpaired) electrons. The molecule has 4 rings (SSSR count). The fourth-order valence-corrected chi connectivity index (χ4v) is 9.84. The molecule has 388 valence electrons. The Labute approximate surface area is 400 Å². The predicted molar refractivity (Wildman–Crippen MR) is 258 cm³/mol. The van der Waals surface area contributed by atoms with Gasteiger partial charge in [-0.1, -0.05) is 85.3 Å². The Balaban J connectivity index is 1.75. The molecule has 0 aromatic heterocycles. The number of fused-ring (bicyclic) bond motifs is 22. The van der Waals surface area contributed by atoms with E-state index in [9.17, 15) is 50.8 Å². The minimum atomic E-state index is -1.93. The highest BCUT2D eigenvalue weighted by atomic mass is 16.7. The highest BCUT2D eigenvalue weighted by Gasteiger charge is 2.55. The van der Waals surface area contributed by atoms with E-state index >= 15 is 0 Å². The van der Waals surface area contributed by atoms with Gasteiger partial charge in [0.2, 0.25) is 0 Å². The van der Waals surface area contributed by atoms with Crippen molar-refractivity contribution in [2.45, 2.75) is 217 Å². The maximum atomic E-state index is 13.4. The number of hydrogen-bond donors (Lipinski definition) is 11. The van der Waals surface area contributed by atoms with Crippen LogP contribution in [0, 0.1) is 41.4 Å². The number of aliphatic hydroxyl groups excluding tert-OH is 8. The number of nitrogens with zero attached hydrogens (tertiary/aromatic N) is 1. The number of carbonyl (C=O) groups is 1. The molecular weight excluding hydrogens is 863 g/mol. The van der Waals surface area contributed by atoms with Crippen molar-refractivity contribution in [3.05, 3.63) is 36.5 Å². The highest BCUT2D eigenvalue weighted by Crippen LogP contribution is 2.42. The van der Waals surface area contributed by atoms with Crippen molar-refractivity contribution in [1.82, 2.24) is 5.32 Å². The lowest BCUT2D eigenvalue weighted by molar-refractivity contribution is -0.371. The normalized spacial score (nSPS) is 41.6. The van der Waals surface area contributed by atoms with E-state index in [-0.39, 0.29) is 56.3 Å². The Kier molecular flexibility index (Phi) is 25.5. The number of guanidine groups is 1. The summed E-state index contributed by atoms with van der Waals surface area (Å²) in [5.74, 6) is -4.15. The van der Waals surface area contributed by atoms with Gasteiger partial charge in [-0.3, -0.25) is 4.99 Å². The summed E-state index contributed by atoms with van der Waals surface area (Å²) in [6.45, 7) is 13.9. The molecule has 20 atom stereocenters. The number of carbonyl (C=O) groups excluding carboxylic acids is 1. The van der Waals surface area contributed by atoms with E-state index in [1.807, 2.05) is 20.8 Å². The number of hydrogen-bond acceptors (Lipinski definition) is 14. The number of ether oxygens (including phenoxy) is 3. The third-order valence-electron chi connectivity index (χ3n) is 14.7. The lowest BCUT2D eigenvalue weighted by Gasteiger charge is -2.52. The quantitative estimate of drug-likeness (QED) is 0.0463. The molecule has 20 unspecified atom stereocenters. The van der Waals surface area contributed by atoms with Gasteiger partial charge in [0.05, 0.1) is 61.0 Å². The van der Waals surface area contributed by atoms with Crippen molar-refractivity contribution in [3.8, 4) is 0 Å². The van der Waals surface area contributed by atoms with E-state index in [2.05, 4.69) is 29.4 Å². The number of rotatable bonds is 11. The van der Waals surface area contributed by atoms with Gasteiger partial charge in [-0.25, -0.2) is 4.79 Å². The van der Waals surface area contributed by atoms with E-state index in [4.69, 9.17) is 19.9 Å². The fraction of sp³-hybridized carbons (Fsp3) is 0.843. The SMILES string of the molecule is CN=C(N)NCCC/C=C/CCCC(C)CC(C)C1OC(=O)/C=C/C(C)C(O)CC(O)C(C)C(O)CCC(C)C2CC3(O)OC(CC(O)CC(O)CC(O)C(C)C(O)/C=C/C1C)CC(O2)C3O.